The van der Waals surface area contributed by atoms with Crippen molar-refractivity contribution < 1.29 is 4.79 Å². The second-order valence-corrected chi connectivity index (χ2v) is 6.76. The molecule has 3 rings (SSSR count). The fraction of sp³-hybridized carbons (Fsp3) is 0.600. The second-order valence-electron chi connectivity index (χ2n) is 5.84. The number of nitrogens with zero attached hydrogens (tertiary/aromatic N) is 3. The maximum absolute atomic E-state index is 12.7. The lowest BCUT2D eigenvalue weighted by Crippen LogP contribution is -2.60. The predicted molar refractivity (Wildman–Crippen MR) is 81.6 cm³/mol. The maximum Gasteiger partial charge on any atom is 0.255 e. The van der Waals surface area contributed by atoms with Gasteiger partial charge in [-0.15, -0.1) is 0 Å². The van der Waals surface area contributed by atoms with E-state index in [0.29, 0.717) is 11.6 Å². The molecule has 2 unspecified atom stereocenters. The van der Waals surface area contributed by atoms with Crippen LogP contribution >= 0.6 is 15.9 Å². The van der Waals surface area contributed by atoms with E-state index in [2.05, 4.69) is 32.7 Å². The monoisotopic (exact) mass is 337 g/mol. The van der Waals surface area contributed by atoms with Gasteiger partial charge in [0.25, 0.3) is 5.91 Å². The van der Waals surface area contributed by atoms with Crippen LogP contribution in [0.2, 0.25) is 0 Å². The van der Waals surface area contributed by atoms with E-state index >= 15 is 0 Å². The van der Waals surface area contributed by atoms with Crippen LogP contribution < -0.4 is 0 Å². The van der Waals surface area contributed by atoms with E-state index < -0.39 is 0 Å². The highest BCUT2D eigenvalue weighted by molar-refractivity contribution is 9.10. The molecular weight excluding hydrogens is 318 g/mol. The highest BCUT2D eigenvalue weighted by Crippen LogP contribution is 2.25. The number of amides is 1. The molecule has 5 heteroatoms. The van der Waals surface area contributed by atoms with Crippen molar-refractivity contribution in [2.75, 3.05) is 19.6 Å². The van der Waals surface area contributed by atoms with Gasteiger partial charge < -0.3 is 4.90 Å². The molecule has 0 N–H and O–H groups in total. The number of hydrogen-bond acceptors (Lipinski definition) is 3. The van der Waals surface area contributed by atoms with Gasteiger partial charge in [0.1, 0.15) is 0 Å². The minimum atomic E-state index is 0.108. The largest absolute Gasteiger partial charge is 0.333 e. The third kappa shape index (κ3) is 2.74. The minimum absolute atomic E-state index is 0.108. The lowest BCUT2D eigenvalue weighted by Gasteiger charge is -2.47. The molecule has 2 aliphatic rings. The van der Waals surface area contributed by atoms with E-state index in [-0.39, 0.29) is 11.9 Å². The summed E-state index contributed by atoms with van der Waals surface area (Å²) in [6.07, 6.45) is 7.17. The Balaban J connectivity index is 1.77. The standard InChI is InChI=1S/C15H20BrN3O/c1-11-9-18-5-3-2-4-14(18)10-19(11)15(20)12-6-13(16)8-17-7-12/h6-8,11,14H,2-5,9-10H2,1H3. The zero-order chi connectivity index (χ0) is 14.1. The first-order valence-electron chi connectivity index (χ1n) is 7.30. The minimum Gasteiger partial charge on any atom is -0.333 e. The smallest absolute Gasteiger partial charge is 0.255 e. The number of fused-ring (bicyclic) bond motifs is 1. The van der Waals surface area contributed by atoms with Gasteiger partial charge in [0, 0.05) is 42.0 Å². The van der Waals surface area contributed by atoms with Crippen LogP contribution in [0, 0.1) is 0 Å². The molecule has 0 spiro atoms. The van der Waals surface area contributed by atoms with Crippen molar-refractivity contribution >= 4 is 21.8 Å². The molecule has 2 fully saturated rings. The van der Waals surface area contributed by atoms with Gasteiger partial charge in [0.2, 0.25) is 0 Å². The summed E-state index contributed by atoms with van der Waals surface area (Å²) in [7, 11) is 0. The summed E-state index contributed by atoms with van der Waals surface area (Å²) in [6.45, 7) is 5.19. The lowest BCUT2D eigenvalue weighted by atomic mass is 9.96. The van der Waals surface area contributed by atoms with Gasteiger partial charge in [-0.2, -0.15) is 0 Å². The number of rotatable bonds is 1. The Hall–Kier alpha value is -0.940. The number of piperidine rings is 1. The molecule has 4 nitrogen and oxygen atoms in total. The highest BCUT2D eigenvalue weighted by Gasteiger charge is 2.35. The Bertz CT molecular complexity index is 508. The van der Waals surface area contributed by atoms with Crippen molar-refractivity contribution in [3.8, 4) is 0 Å². The number of hydrogen-bond donors (Lipinski definition) is 0. The summed E-state index contributed by atoms with van der Waals surface area (Å²) >= 11 is 3.38. The van der Waals surface area contributed by atoms with Gasteiger partial charge in [0.05, 0.1) is 5.56 Å². The molecule has 1 aromatic heterocycles. The molecule has 2 aliphatic heterocycles. The molecule has 3 heterocycles. The van der Waals surface area contributed by atoms with Gasteiger partial charge in [-0.3, -0.25) is 14.7 Å². The first-order valence-corrected chi connectivity index (χ1v) is 8.10. The van der Waals surface area contributed by atoms with Gasteiger partial charge in [0.15, 0.2) is 0 Å². The number of aromatic nitrogens is 1. The summed E-state index contributed by atoms with van der Waals surface area (Å²) in [5.41, 5.74) is 0.676. The first kappa shape index (κ1) is 14.0. The van der Waals surface area contributed by atoms with Crippen LogP contribution in [-0.4, -0.2) is 52.4 Å². The summed E-state index contributed by atoms with van der Waals surface area (Å²) < 4.78 is 0.854. The fourth-order valence-corrected chi connectivity index (χ4v) is 3.69. The lowest BCUT2D eigenvalue weighted by molar-refractivity contribution is 0.0151. The number of halogens is 1. The van der Waals surface area contributed by atoms with Crippen LogP contribution in [-0.2, 0) is 0 Å². The molecule has 0 radical (unpaired) electrons. The van der Waals surface area contributed by atoms with Crippen molar-refractivity contribution in [3.05, 3.63) is 28.5 Å². The molecule has 1 amide bonds. The predicted octanol–water partition coefficient (Wildman–Crippen LogP) is 2.54. The van der Waals surface area contributed by atoms with Crippen LogP contribution in [0.5, 0.6) is 0 Å². The normalized spacial score (nSPS) is 27.2. The molecule has 20 heavy (non-hydrogen) atoms. The summed E-state index contributed by atoms with van der Waals surface area (Å²) in [4.78, 5) is 21.4. The summed E-state index contributed by atoms with van der Waals surface area (Å²) in [5.74, 6) is 0.108. The average molecular weight is 338 g/mol. The summed E-state index contributed by atoms with van der Waals surface area (Å²) in [5, 5.41) is 0. The first-order chi connectivity index (χ1) is 9.65. The van der Waals surface area contributed by atoms with Crippen LogP contribution in [0.15, 0.2) is 22.9 Å². The molecule has 1 aromatic rings. The molecule has 0 saturated carbocycles. The molecule has 2 saturated heterocycles. The van der Waals surface area contributed by atoms with Crippen LogP contribution in [0.1, 0.15) is 36.5 Å². The van der Waals surface area contributed by atoms with E-state index in [1.807, 2.05) is 11.0 Å². The van der Waals surface area contributed by atoms with E-state index in [4.69, 9.17) is 0 Å². The number of carbonyl (C=O) groups is 1. The Labute approximate surface area is 128 Å². The molecular formula is C15H20BrN3O. The highest BCUT2D eigenvalue weighted by atomic mass is 79.9. The van der Waals surface area contributed by atoms with Crippen molar-refractivity contribution in [2.24, 2.45) is 0 Å². The average Bonchev–Trinajstić information content (AvgIpc) is 2.46. The SMILES string of the molecule is CC1CN2CCCCC2CN1C(=O)c1cncc(Br)c1. The molecule has 0 aliphatic carbocycles. The van der Waals surface area contributed by atoms with Gasteiger partial charge in [-0.1, -0.05) is 6.42 Å². The number of carbonyl (C=O) groups excluding carboxylic acids is 1. The zero-order valence-corrected chi connectivity index (χ0v) is 13.3. The zero-order valence-electron chi connectivity index (χ0n) is 11.8. The van der Waals surface area contributed by atoms with Gasteiger partial charge in [-0.25, -0.2) is 0 Å². The summed E-state index contributed by atoms with van der Waals surface area (Å²) in [6, 6.07) is 2.68. The van der Waals surface area contributed by atoms with Gasteiger partial charge in [-0.05, 0) is 48.3 Å². The third-order valence-electron chi connectivity index (χ3n) is 4.40. The van der Waals surface area contributed by atoms with Crippen LogP contribution in [0.3, 0.4) is 0 Å². The van der Waals surface area contributed by atoms with Gasteiger partial charge >= 0.3 is 0 Å². The van der Waals surface area contributed by atoms with E-state index in [0.717, 1.165) is 17.6 Å². The van der Waals surface area contributed by atoms with E-state index in [1.165, 1.54) is 25.8 Å². The van der Waals surface area contributed by atoms with Crippen molar-refractivity contribution in [1.29, 1.82) is 0 Å². The Morgan fingerprint density at radius 2 is 2.20 bits per heavy atom. The maximum atomic E-state index is 12.7. The quantitative estimate of drug-likeness (QED) is 0.790. The van der Waals surface area contributed by atoms with Crippen molar-refractivity contribution in [3.63, 3.8) is 0 Å². The van der Waals surface area contributed by atoms with E-state index in [9.17, 15) is 4.79 Å². The molecule has 108 valence electrons. The Morgan fingerprint density at radius 3 is 3.00 bits per heavy atom. The third-order valence-corrected chi connectivity index (χ3v) is 4.83. The second kappa shape index (κ2) is 5.82. The van der Waals surface area contributed by atoms with Crippen LogP contribution in [0.4, 0.5) is 0 Å². The van der Waals surface area contributed by atoms with E-state index in [1.54, 1.807) is 12.4 Å². The molecule has 2 atom stereocenters. The van der Waals surface area contributed by atoms with Crippen molar-refractivity contribution in [1.82, 2.24) is 14.8 Å². The van der Waals surface area contributed by atoms with Crippen LogP contribution in [0.25, 0.3) is 0 Å². The molecule has 0 aromatic carbocycles. The fourth-order valence-electron chi connectivity index (χ4n) is 3.33. The topological polar surface area (TPSA) is 36.4 Å². The Kier molecular flexibility index (Phi) is 4.08. The number of piperazine rings is 1. The number of pyridine rings is 1. The Morgan fingerprint density at radius 1 is 1.35 bits per heavy atom. The molecule has 0 bridgehead atoms. The van der Waals surface area contributed by atoms with Crippen molar-refractivity contribution in [2.45, 2.75) is 38.3 Å².